The van der Waals surface area contributed by atoms with E-state index >= 15 is 0 Å². The van der Waals surface area contributed by atoms with Crippen molar-refractivity contribution in [2.24, 2.45) is 0 Å². The van der Waals surface area contributed by atoms with Crippen molar-refractivity contribution in [3.63, 3.8) is 0 Å². The Bertz CT molecular complexity index is 125. The lowest BCUT2D eigenvalue weighted by atomic mass is 10.2. The van der Waals surface area contributed by atoms with Crippen molar-refractivity contribution < 1.29 is 0 Å². The van der Waals surface area contributed by atoms with E-state index in [1.165, 1.54) is 5.70 Å². The quantitative estimate of drug-likeness (QED) is 0.579. The Kier molecular flexibility index (Phi) is 4.73. The van der Waals surface area contributed by atoms with Crippen LogP contribution >= 0.6 is 0 Å². The molecule has 1 heteroatoms. The zero-order valence-corrected chi connectivity index (χ0v) is 7.22. The first kappa shape index (κ1) is 9.28. The van der Waals surface area contributed by atoms with E-state index in [4.69, 9.17) is 0 Å². The van der Waals surface area contributed by atoms with Gasteiger partial charge in [-0.1, -0.05) is 26.5 Å². The van der Waals surface area contributed by atoms with Crippen molar-refractivity contribution in [1.82, 2.24) is 4.90 Å². The zero-order chi connectivity index (χ0) is 7.98. The van der Waals surface area contributed by atoms with Crippen LogP contribution in [0.25, 0.3) is 0 Å². The number of rotatable bonds is 4. The lowest BCUT2D eigenvalue weighted by Gasteiger charge is -2.15. The fourth-order valence-electron chi connectivity index (χ4n) is 0.891. The summed E-state index contributed by atoms with van der Waals surface area (Å²) in [6, 6.07) is 0. The molecule has 0 aliphatic heterocycles. The van der Waals surface area contributed by atoms with Crippen molar-refractivity contribution >= 4 is 0 Å². The van der Waals surface area contributed by atoms with Gasteiger partial charge in [0.15, 0.2) is 0 Å². The molecule has 1 nitrogen and oxygen atoms in total. The molecule has 0 atom stereocenters. The minimum Gasteiger partial charge on any atom is -0.355 e. The van der Waals surface area contributed by atoms with Gasteiger partial charge in [0.2, 0.25) is 0 Å². The molecule has 0 heterocycles. The molecule has 10 heavy (non-hydrogen) atoms. The zero-order valence-electron chi connectivity index (χ0n) is 7.22. The number of allylic oxidation sites excluding steroid dienone is 2. The summed E-state index contributed by atoms with van der Waals surface area (Å²) in [5.41, 5.74) is 1.34. The van der Waals surface area contributed by atoms with Gasteiger partial charge < -0.3 is 4.90 Å². The molecule has 0 radical (unpaired) electrons. The molecule has 0 unspecified atom stereocenters. The second-order valence-corrected chi connectivity index (χ2v) is 2.25. The summed E-state index contributed by atoms with van der Waals surface area (Å²) >= 11 is 0. The van der Waals surface area contributed by atoms with Gasteiger partial charge in [-0.15, -0.1) is 0 Å². The molecule has 0 N–H and O–H groups in total. The third kappa shape index (κ3) is 2.72. The monoisotopic (exact) mass is 139 g/mol. The van der Waals surface area contributed by atoms with Gasteiger partial charge in [0.25, 0.3) is 0 Å². The van der Waals surface area contributed by atoms with E-state index in [2.05, 4.69) is 31.4 Å². The third-order valence-corrected chi connectivity index (χ3v) is 1.53. The SMILES string of the molecule is C=CN(C)/C(=C/CC)CC. The molecule has 0 aromatic carbocycles. The maximum atomic E-state index is 3.70. The third-order valence-electron chi connectivity index (χ3n) is 1.53. The van der Waals surface area contributed by atoms with Crippen LogP contribution < -0.4 is 0 Å². The summed E-state index contributed by atoms with van der Waals surface area (Å²) in [5, 5.41) is 0. The lowest BCUT2D eigenvalue weighted by Crippen LogP contribution is -2.08. The topological polar surface area (TPSA) is 3.24 Å². The maximum Gasteiger partial charge on any atom is 0.0128 e. The summed E-state index contributed by atoms with van der Waals surface area (Å²) in [5.74, 6) is 0. The first-order chi connectivity index (χ1) is 4.76. The predicted octanol–water partition coefficient (Wildman–Crippen LogP) is 2.77. The van der Waals surface area contributed by atoms with Crippen LogP contribution in [0.1, 0.15) is 26.7 Å². The van der Waals surface area contributed by atoms with Crippen LogP contribution in [-0.4, -0.2) is 11.9 Å². The Morgan fingerprint density at radius 3 is 2.40 bits per heavy atom. The molecule has 0 amide bonds. The van der Waals surface area contributed by atoms with E-state index in [9.17, 15) is 0 Å². The first-order valence-corrected chi connectivity index (χ1v) is 3.80. The summed E-state index contributed by atoms with van der Waals surface area (Å²) < 4.78 is 0. The summed E-state index contributed by atoms with van der Waals surface area (Å²) in [6.07, 6.45) is 6.24. The largest absolute Gasteiger partial charge is 0.355 e. The van der Waals surface area contributed by atoms with Gasteiger partial charge in [-0.25, -0.2) is 0 Å². The van der Waals surface area contributed by atoms with Crippen LogP contribution in [0, 0.1) is 0 Å². The van der Waals surface area contributed by atoms with Crippen LogP contribution in [-0.2, 0) is 0 Å². The Morgan fingerprint density at radius 2 is 2.10 bits per heavy atom. The van der Waals surface area contributed by atoms with Gasteiger partial charge in [0.05, 0.1) is 0 Å². The molecule has 0 aliphatic rings. The van der Waals surface area contributed by atoms with Crippen molar-refractivity contribution in [3.05, 3.63) is 24.6 Å². The number of hydrogen-bond donors (Lipinski definition) is 0. The van der Waals surface area contributed by atoms with Crippen LogP contribution in [0.2, 0.25) is 0 Å². The number of nitrogens with zero attached hydrogens (tertiary/aromatic N) is 1. The van der Waals surface area contributed by atoms with Gasteiger partial charge in [-0.2, -0.15) is 0 Å². The van der Waals surface area contributed by atoms with E-state index in [1.54, 1.807) is 0 Å². The molecule has 0 fully saturated rings. The Hall–Kier alpha value is -0.720. The van der Waals surface area contributed by atoms with Gasteiger partial charge in [-0.3, -0.25) is 0 Å². The Labute approximate surface area is 64.0 Å². The molecule has 0 spiro atoms. The van der Waals surface area contributed by atoms with Gasteiger partial charge >= 0.3 is 0 Å². The molecule has 0 rings (SSSR count). The van der Waals surface area contributed by atoms with Crippen molar-refractivity contribution in [2.75, 3.05) is 7.05 Å². The minimum atomic E-state index is 1.08. The average molecular weight is 139 g/mol. The van der Waals surface area contributed by atoms with E-state index in [1.807, 2.05) is 13.2 Å². The Balaban J connectivity index is 4.04. The minimum absolute atomic E-state index is 1.08. The van der Waals surface area contributed by atoms with E-state index in [-0.39, 0.29) is 0 Å². The maximum absolute atomic E-state index is 3.70. The fraction of sp³-hybridized carbons (Fsp3) is 0.556. The molecule has 0 bridgehead atoms. The molecule has 58 valence electrons. The molecular formula is C9H17N. The lowest BCUT2D eigenvalue weighted by molar-refractivity contribution is 0.545. The molecule has 0 aromatic heterocycles. The predicted molar refractivity (Wildman–Crippen MR) is 46.6 cm³/mol. The van der Waals surface area contributed by atoms with Gasteiger partial charge in [0.1, 0.15) is 0 Å². The highest BCUT2D eigenvalue weighted by Gasteiger charge is 1.94. The van der Waals surface area contributed by atoms with E-state index < -0.39 is 0 Å². The highest BCUT2D eigenvalue weighted by atomic mass is 15.1. The highest BCUT2D eigenvalue weighted by Crippen LogP contribution is 2.06. The van der Waals surface area contributed by atoms with Crippen molar-refractivity contribution in [1.29, 1.82) is 0 Å². The fourth-order valence-corrected chi connectivity index (χ4v) is 0.891. The molecule has 0 saturated carbocycles. The number of hydrogen-bond acceptors (Lipinski definition) is 1. The van der Waals surface area contributed by atoms with Crippen LogP contribution in [0.5, 0.6) is 0 Å². The van der Waals surface area contributed by atoms with Crippen molar-refractivity contribution in [2.45, 2.75) is 26.7 Å². The van der Waals surface area contributed by atoms with Gasteiger partial charge in [-0.05, 0) is 19.0 Å². The van der Waals surface area contributed by atoms with Crippen LogP contribution in [0.3, 0.4) is 0 Å². The smallest absolute Gasteiger partial charge is 0.0128 e. The molecule has 0 saturated heterocycles. The van der Waals surface area contributed by atoms with Gasteiger partial charge in [0, 0.05) is 12.7 Å². The van der Waals surface area contributed by atoms with Crippen LogP contribution in [0.15, 0.2) is 24.6 Å². The van der Waals surface area contributed by atoms with E-state index in [0.29, 0.717) is 0 Å². The van der Waals surface area contributed by atoms with Crippen LogP contribution in [0.4, 0.5) is 0 Å². The Morgan fingerprint density at radius 1 is 1.50 bits per heavy atom. The second-order valence-electron chi connectivity index (χ2n) is 2.25. The summed E-state index contributed by atoms with van der Waals surface area (Å²) in [7, 11) is 2.03. The van der Waals surface area contributed by atoms with Crippen molar-refractivity contribution in [3.8, 4) is 0 Å². The average Bonchev–Trinajstić information content (AvgIpc) is 1.99. The normalized spacial score (nSPS) is 11.3. The standard InChI is InChI=1S/C9H17N/c1-5-8-9(6-2)10(4)7-3/h7-8H,3,5-6H2,1-2,4H3/b9-8+. The van der Waals surface area contributed by atoms with E-state index in [0.717, 1.165) is 12.8 Å². The first-order valence-electron chi connectivity index (χ1n) is 3.80. The molecule has 0 aliphatic carbocycles. The summed E-state index contributed by atoms with van der Waals surface area (Å²) in [4.78, 5) is 2.06. The highest BCUT2D eigenvalue weighted by molar-refractivity contribution is 5.01. The molecular weight excluding hydrogens is 122 g/mol. The second kappa shape index (κ2) is 5.10. The summed E-state index contributed by atoms with van der Waals surface area (Å²) in [6.45, 7) is 8.00. The molecule has 0 aromatic rings.